The van der Waals surface area contributed by atoms with E-state index in [1.54, 1.807) is 6.07 Å². The molecule has 1 aromatic heterocycles. The maximum absolute atomic E-state index is 5.53. The third-order valence-electron chi connectivity index (χ3n) is 0.702. The summed E-state index contributed by atoms with van der Waals surface area (Å²) < 4.78 is 0. The predicted molar refractivity (Wildman–Crippen MR) is 41.9 cm³/mol. The van der Waals surface area contributed by atoms with Gasteiger partial charge >= 0.3 is 0 Å². The summed E-state index contributed by atoms with van der Waals surface area (Å²) in [6.07, 6.45) is 1.40. The topological polar surface area (TPSA) is 25.8 Å². The minimum Gasteiger partial charge on any atom is -0.229 e. The highest BCUT2D eigenvalue weighted by molar-refractivity contribution is 8.68. The number of aromatic nitrogens is 2. The zero-order valence-corrected chi connectivity index (χ0v) is 6.75. The highest BCUT2D eigenvalue weighted by Crippen LogP contribution is 2.19. The molecule has 0 spiro atoms. The van der Waals surface area contributed by atoms with E-state index >= 15 is 0 Å². The standard InChI is InChI=1S/C4H3ClN2S2/c5-3-1-4(9-8)7-2-6-3/h1-2,8H. The second-order valence-electron chi connectivity index (χ2n) is 1.27. The lowest BCUT2D eigenvalue weighted by Gasteiger charge is -1.90. The molecule has 1 aromatic rings. The van der Waals surface area contributed by atoms with Crippen molar-refractivity contribution < 1.29 is 0 Å². The highest BCUT2D eigenvalue weighted by Gasteiger charge is 1.91. The van der Waals surface area contributed by atoms with Crippen LogP contribution in [0.15, 0.2) is 17.4 Å². The van der Waals surface area contributed by atoms with Gasteiger partial charge in [-0.1, -0.05) is 11.6 Å². The fourth-order valence-electron chi connectivity index (χ4n) is 0.367. The summed E-state index contributed by atoms with van der Waals surface area (Å²) in [6.45, 7) is 0. The molecule has 0 N–H and O–H groups in total. The summed E-state index contributed by atoms with van der Waals surface area (Å²) in [5.74, 6) is 0. The van der Waals surface area contributed by atoms with Gasteiger partial charge in [0.2, 0.25) is 0 Å². The van der Waals surface area contributed by atoms with Gasteiger partial charge in [0, 0.05) is 6.07 Å². The quantitative estimate of drug-likeness (QED) is 0.405. The lowest BCUT2D eigenvalue weighted by molar-refractivity contribution is 1.05. The number of thiol groups is 1. The minimum absolute atomic E-state index is 0.446. The molecule has 5 heteroatoms. The van der Waals surface area contributed by atoms with Crippen molar-refractivity contribution in [2.75, 3.05) is 0 Å². The molecule has 0 saturated carbocycles. The Bertz CT molecular complexity index is 206. The Kier molecular flexibility index (Phi) is 2.63. The summed E-state index contributed by atoms with van der Waals surface area (Å²) in [6, 6.07) is 1.65. The first-order valence-electron chi connectivity index (χ1n) is 2.12. The van der Waals surface area contributed by atoms with E-state index < -0.39 is 0 Å². The second kappa shape index (κ2) is 3.29. The molecule has 0 aliphatic heterocycles. The zero-order valence-electron chi connectivity index (χ0n) is 4.28. The minimum atomic E-state index is 0.446. The van der Waals surface area contributed by atoms with Crippen LogP contribution in [0.25, 0.3) is 0 Å². The van der Waals surface area contributed by atoms with Crippen molar-refractivity contribution in [1.82, 2.24) is 9.97 Å². The molecule has 0 radical (unpaired) electrons. The molecule has 0 aliphatic carbocycles. The van der Waals surface area contributed by atoms with Crippen molar-refractivity contribution in [2.24, 2.45) is 0 Å². The monoisotopic (exact) mass is 178 g/mol. The lowest BCUT2D eigenvalue weighted by Crippen LogP contribution is -1.78. The summed E-state index contributed by atoms with van der Waals surface area (Å²) in [5, 5.41) is 1.21. The SMILES string of the molecule is SSc1cc(Cl)ncn1. The molecular weight excluding hydrogens is 176 g/mol. The van der Waals surface area contributed by atoms with Crippen LogP contribution < -0.4 is 0 Å². The molecular formula is C4H3ClN2S2. The predicted octanol–water partition coefficient (Wildman–Crippen LogP) is 2.07. The van der Waals surface area contributed by atoms with Crippen LogP contribution in [0.2, 0.25) is 5.15 Å². The third kappa shape index (κ3) is 2.04. The normalized spacial score (nSPS) is 9.56. The Morgan fingerprint density at radius 1 is 1.56 bits per heavy atom. The summed E-state index contributed by atoms with van der Waals surface area (Å²) in [7, 11) is 1.24. The first kappa shape index (κ1) is 7.18. The molecule has 9 heavy (non-hydrogen) atoms. The largest absolute Gasteiger partial charge is 0.229 e. The van der Waals surface area contributed by atoms with Gasteiger partial charge in [-0.25, -0.2) is 9.97 Å². The average molecular weight is 179 g/mol. The Hall–Kier alpha value is 0.0700. The van der Waals surface area contributed by atoms with E-state index in [9.17, 15) is 0 Å². The lowest BCUT2D eigenvalue weighted by atomic mass is 10.7. The van der Waals surface area contributed by atoms with Crippen LogP contribution in [-0.4, -0.2) is 9.97 Å². The van der Waals surface area contributed by atoms with E-state index in [4.69, 9.17) is 11.6 Å². The molecule has 0 bridgehead atoms. The van der Waals surface area contributed by atoms with Crippen LogP contribution >= 0.6 is 34.1 Å². The van der Waals surface area contributed by atoms with E-state index in [0.717, 1.165) is 5.03 Å². The molecule has 0 aliphatic rings. The van der Waals surface area contributed by atoms with Gasteiger partial charge in [-0.15, -0.1) is 11.7 Å². The van der Waals surface area contributed by atoms with Crippen LogP contribution in [0.1, 0.15) is 0 Å². The summed E-state index contributed by atoms with van der Waals surface area (Å²) in [5.41, 5.74) is 0. The molecule has 0 fully saturated rings. The van der Waals surface area contributed by atoms with Gasteiger partial charge in [-0.05, 0) is 10.8 Å². The Morgan fingerprint density at radius 3 is 2.78 bits per heavy atom. The van der Waals surface area contributed by atoms with Crippen LogP contribution in [0, 0.1) is 0 Å². The van der Waals surface area contributed by atoms with Crippen molar-refractivity contribution in [3.05, 3.63) is 17.5 Å². The number of rotatable bonds is 1. The smallest absolute Gasteiger partial charge is 0.133 e. The third-order valence-corrected chi connectivity index (χ3v) is 1.88. The maximum Gasteiger partial charge on any atom is 0.133 e. The molecule has 2 nitrogen and oxygen atoms in total. The van der Waals surface area contributed by atoms with Crippen molar-refractivity contribution in [3.8, 4) is 0 Å². The van der Waals surface area contributed by atoms with E-state index in [2.05, 4.69) is 21.6 Å². The van der Waals surface area contributed by atoms with Crippen LogP contribution in [0.4, 0.5) is 0 Å². The second-order valence-corrected chi connectivity index (χ2v) is 2.81. The molecule has 48 valence electrons. The van der Waals surface area contributed by atoms with Gasteiger partial charge in [0.05, 0.1) is 0 Å². The molecule has 1 rings (SSSR count). The number of hydrogen-bond acceptors (Lipinski definition) is 4. The van der Waals surface area contributed by atoms with Gasteiger partial charge in [-0.3, -0.25) is 0 Å². The van der Waals surface area contributed by atoms with Crippen LogP contribution in [-0.2, 0) is 0 Å². The van der Waals surface area contributed by atoms with Gasteiger partial charge in [-0.2, -0.15) is 0 Å². The Balaban J connectivity index is 2.94. The fourth-order valence-corrected chi connectivity index (χ4v) is 1.14. The maximum atomic E-state index is 5.53. The first-order chi connectivity index (χ1) is 4.33. The molecule has 0 atom stereocenters. The molecule has 0 unspecified atom stereocenters. The van der Waals surface area contributed by atoms with E-state index in [1.165, 1.54) is 17.1 Å². The van der Waals surface area contributed by atoms with E-state index in [-0.39, 0.29) is 0 Å². The van der Waals surface area contributed by atoms with Crippen molar-refractivity contribution in [3.63, 3.8) is 0 Å². The van der Waals surface area contributed by atoms with Crippen molar-refractivity contribution in [1.29, 1.82) is 0 Å². The molecule has 0 amide bonds. The summed E-state index contributed by atoms with van der Waals surface area (Å²) >= 11 is 9.45. The van der Waals surface area contributed by atoms with Crippen LogP contribution in [0.5, 0.6) is 0 Å². The van der Waals surface area contributed by atoms with Gasteiger partial charge < -0.3 is 0 Å². The Morgan fingerprint density at radius 2 is 2.33 bits per heavy atom. The number of hydrogen-bond donors (Lipinski definition) is 1. The molecule has 0 saturated heterocycles. The highest BCUT2D eigenvalue weighted by atomic mass is 35.5. The fraction of sp³-hybridized carbons (Fsp3) is 0. The van der Waals surface area contributed by atoms with E-state index in [1.807, 2.05) is 0 Å². The average Bonchev–Trinajstić information content (AvgIpc) is 1.88. The van der Waals surface area contributed by atoms with E-state index in [0.29, 0.717) is 5.15 Å². The Labute approximate surface area is 66.9 Å². The van der Waals surface area contributed by atoms with Crippen LogP contribution in [0.3, 0.4) is 0 Å². The zero-order chi connectivity index (χ0) is 6.69. The van der Waals surface area contributed by atoms with Gasteiger partial charge in [0.1, 0.15) is 16.5 Å². The number of nitrogens with zero attached hydrogens (tertiary/aromatic N) is 2. The van der Waals surface area contributed by atoms with Crippen molar-refractivity contribution in [2.45, 2.75) is 5.03 Å². The van der Waals surface area contributed by atoms with Gasteiger partial charge in [0.15, 0.2) is 0 Å². The van der Waals surface area contributed by atoms with Gasteiger partial charge in [0.25, 0.3) is 0 Å². The summed E-state index contributed by atoms with van der Waals surface area (Å²) in [4.78, 5) is 7.54. The van der Waals surface area contributed by atoms with Crippen molar-refractivity contribution >= 4 is 34.1 Å². The molecule has 0 aromatic carbocycles. The first-order valence-corrected chi connectivity index (χ1v) is 4.36. The molecule has 1 heterocycles. The number of halogens is 1.